The van der Waals surface area contributed by atoms with Crippen molar-refractivity contribution in [3.8, 4) is 0 Å². The molecule has 20 heavy (non-hydrogen) atoms. The van der Waals surface area contributed by atoms with E-state index < -0.39 is 10.0 Å². The maximum absolute atomic E-state index is 12.6. The molecule has 1 heterocycles. The zero-order valence-corrected chi connectivity index (χ0v) is 12.3. The molecule has 0 spiro atoms. The second-order valence-corrected chi connectivity index (χ2v) is 7.11. The lowest BCUT2D eigenvalue weighted by Crippen LogP contribution is -2.44. The van der Waals surface area contributed by atoms with E-state index in [1.165, 1.54) is 0 Å². The molecule has 2 aromatic carbocycles. The smallest absolute Gasteiger partial charge is 0.207 e. The van der Waals surface area contributed by atoms with Crippen molar-refractivity contribution in [2.45, 2.75) is 17.4 Å². The standard InChI is InChI=1S/C15H14ClNO2S/c16-13-8-6-12(7-9-13)15-10-11-17(15)20(18,19)14-4-2-1-3-5-14/h1-9,15H,10-11H2. The van der Waals surface area contributed by atoms with Crippen LogP contribution in [0.4, 0.5) is 0 Å². The summed E-state index contributed by atoms with van der Waals surface area (Å²) < 4.78 is 26.7. The van der Waals surface area contributed by atoms with Crippen molar-refractivity contribution >= 4 is 21.6 Å². The normalized spacial score (nSPS) is 19.6. The summed E-state index contributed by atoms with van der Waals surface area (Å²) in [5.41, 5.74) is 0.986. The van der Waals surface area contributed by atoms with Gasteiger partial charge in [0.15, 0.2) is 0 Å². The van der Waals surface area contributed by atoms with Gasteiger partial charge in [-0.1, -0.05) is 41.9 Å². The van der Waals surface area contributed by atoms with Gasteiger partial charge in [-0.15, -0.1) is 0 Å². The lowest BCUT2D eigenvalue weighted by Gasteiger charge is -2.40. The van der Waals surface area contributed by atoms with Crippen molar-refractivity contribution in [2.24, 2.45) is 0 Å². The molecule has 3 rings (SSSR count). The van der Waals surface area contributed by atoms with Crippen molar-refractivity contribution in [1.82, 2.24) is 4.31 Å². The first-order valence-electron chi connectivity index (χ1n) is 6.41. The number of hydrogen-bond donors (Lipinski definition) is 0. The minimum absolute atomic E-state index is 0.0857. The Morgan fingerprint density at radius 1 is 1.00 bits per heavy atom. The maximum atomic E-state index is 12.6. The topological polar surface area (TPSA) is 37.4 Å². The van der Waals surface area contributed by atoms with Crippen LogP contribution in [0.1, 0.15) is 18.0 Å². The molecule has 0 amide bonds. The van der Waals surface area contributed by atoms with E-state index in [4.69, 9.17) is 11.6 Å². The van der Waals surface area contributed by atoms with Gasteiger partial charge in [0.1, 0.15) is 0 Å². The molecule has 0 bridgehead atoms. The highest BCUT2D eigenvalue weighted by Crippen LogP contribution is 2.38. The summed E-state index contributed by atoms with van der Waals surface area (Å²) in [6.45, 7) is 0.560. The fraction of sp³-hybridized carbons (Fsp3) is 0.200. The summed E-state index contributed by atoms with van der Waals surface area (Å²) in [5, 5.41) is 0.658. The fourth-order valence-corrected chi connectivity index (χ4v) is 4.20. The Balaban J connectivity index is 1.90. The van der Waals surface area contributed by atoms with Crippen LogP contribution < -0.4 is 0 Å². The Bertz CT molecular complexity index is 698. The van der Waals surface area contributed by atoms with E-state index in [9.17, 15) is 8.42 Å². The number of hydrogen-bond acceptors (Lipinski definition) is 2. The van der Waals surface area contributed by atoms with E-state index in [0.717, 1.165) is 12.0 Å². The molecular weight excluding hydrogens is 294 g/mol. The average Bonchev–Trinajstić information content (AvgIpc) is 2.40. The molecule has 5 heteroatoms. The van der Waals surface area contributed by atoms with Gasteiger partial charge in [-0.05, 0) is 36.2 Å². The van der Waals surface area contributed by atoms with Crippen LogP contribution in [0.15, 0.2) is 59.5 Å². The van der Waals surface area contributed by atoms with E-state index in [0.29, 0.717) is 16.5 Å². The Hall–Kier alpha value is -1.36. The van der Waals surface area contributed by atoms with Crippen LogP contribution in [0.25, 0.3) is 0 Å². The first-order valence-corrected chi connectivity index (χ1v) is 8.23. The predicted octanol–water partition coefficient (Wildman–Crippen LogP) is 3.48. The minimum Gasteiger partial charge on any atom is -0.207 e. The van der Waals surface area contributed by atoms with Gasteiger partial charge in [-0.2, -0.15) is 4.31 Å². The first kappa shape index (κ1) is 13.6. The molecule has 1 unspecified atom stereocenters. The molecule has 1 atom stereocenters. The molecule has 0 radical (unpaired) electrons. The van der Waals surface area contributed by atoms with Crippen LogP contribution in [0.5, 0.6) is 0 Å². The van der Waals surface area contributed by atoms with Gasteiger partial charge in [-0.25, -0.2) is 8.42 Å². The lowest BCUT2D eigenvalue weighted by atomic mass is 9.98. The molecule has 0 N–H and O–H groups in total. The third kappa shape index (κ3) is 2.35. The zero-order valence-electron chi connectivity index (χ0n) is 10.7. The lowest BCUT2D eigenvalue weighted by molar-refractivity contribution is 0.202. The number of sulfonamides is 1. The maximum Gasteiger partial charge on any atom is 0.243 e. The SMILES string of the molecule is O=S(=O)(c1ccccc1)N1CCC1c1ccc(Cl)cc1. The van der Waals surface area contributed by atoms with Crippen molar-refractivity contribution in [3.63, 3.8) is 0 Å². The van der Waals surface area contributed by atoms with Crippen molar-refractivity contribution < 1.29 is 8.42 Å². The highest BCUT2D eigenvalue weighted by molar-refractivity contribution is 7.89. The Kier molecular flexibility index (Phi) is 3.54. The summed E-state index contributed by atoms with van der Waals surface area (Å²) in [6.07, 6.45) is 0.841. The summed E-state index contributed by atoms with van der Waals surface area (Å²) >= 11 is 5.87. The van der Waals surface area contributed by atoms with Crippen LogP contribution in [-0.2, 0) is 10.0 Å². The molecule has 1 aliphatic heterocycles. The van der Waals surface area contributed by atoms with Crippen LogP contribution in [-0.4, -0.2) is 19.3 Å². The summed E-state index contributed by atoms with van der Waals surface area (Å²) in [6, 6.07) is 15.8. The van der Waals surface area contributed by atoms with E-state index in [-0.39, 0.29) is 6.04 Å². The Morgan fingerprint density at radius 3 is 2.20 bits per heavy atom. The Labute approximate surface area is 123 Å². The van der Waals surface area contributed by atoms with E-state index in [1.54, 1.807) is 40.7 Å². The fourth-order valence-electron chi connectivity index (χ4n) is 2.40. The average molecular weight is 308 g/mol. The van der Waals surface area contributed by atoms with E-state index in [1.807, 2.05) is 18.2 Å². The van der Waals surface area contributed by atoms with Gasteiger partial charge < -0.3 is 0 Å². The minimum atomic E-state index is -3.41. The van der Waals surface area contributed by atoms with Crippen LogP contribution >= 0.6 is 11.6 Å². The van der Waals surface area contributed by atoms with Crippen molar-refractivity contribution in [3.05, 3.63) is 65.2 Å². The molecule has 1 aliphatic rings. The highest BCUT2D eigenvalue weighted by Gasteiger charge is 2.39. The monoisotopic (exact) mass is 307 g/mol. The highest BCUT2D eigenvalue weighted by atomic mass is 35.5. The number of rotatable bonds is 3. The van der Waals surface area contributed by atoms with Gasteiger partial charge >= 0.3 is 0 Å². The number of benzene rings is 2. The first-order chi connectivity index (χ1) is 9.59. The molecule has 1 fully saturated rings. The molecule has 0 aliphatic carbocycles. The van der Waals surface area contributed by atoms with Gasteiger partial charge in [0.05, 0.1) is 10.9 Å². The van der Waals surface area contributed by atoms with Gasteiger partial charge in [0.2, 0.25) is 10.0 Å². The van der Waals surface area contributed by atoms with Crippen molar-refractivity contribution in [2.75, 3.05) is 6.54 Å². The largest absolute Gasteiger partial charge is 0.243 e. The second-order valence-electron chi connectivity index (χ2n) is 4.78. The molecule has 0 saturated carbocycles. The van der Waals surface area contributed by atoms with E-state index >= 15 is 0 Å². The van der Waals surface area contributed by atoms with Crippen LogP contribution in [0.2, 0.25) is 5.02 Å². The van der Waals surface area contributed by atoms with Crippen LogP contribution in [0, 0.1) is 0 Å². The molecule has 3 nitrogen and oxygen atoms in total. The molecule has 0 aromatic heterocycles. The number of nitrogens with zero attached hydrogens (tertiary/aromatic N) is 1. The van der Waals surface area contributed by atoms with Gasteiger partial charge in [0, 0.05) is 11.6 Å². The summed E-state index contributed by atoms with van der Waals surface area (Å²) in [4.78, 5) is 0.346. The zero-order chi connectivity index (χ0) is 14.2. The van der Waals surface area contributed by atoms with Crippen molar-refractivity contribution in [1.29, 1.82) is 0 Å². The van der Waals surface area contributed by atoms with Crippen LogP contribution in [0.3, 0.4) is 0 Å². The molecule has 104 valence electrons. The summed E-state index contributed by atoms with van der Waals surface area (Å²) in [5.74, 6) is 0. The summed E-state index contributed by atoms with van der Waals surface area (Å²) in [7, 11) is -3.41. The number of halogens is 1. The third-order valence-electron chi connectivity index (χ3n) is 3.58. The van der Waals surface area contributed by atoms with E-state index in [2.05, 4.69) is 0 Å². The third-order valence-corrected chi connectivity index (χ3v) is 5.75. The Morgan fingerprint density at radius 2 is 1.65 bits per heavy atom. The second kappa shape index (κ2) is 5.20. The molecule has 1 saturated heterocycles. The predicted molar refractivity (Wildman–Crippen MR) is 79.1 cm³/mol. The van der Waals surface area contributed by atoms with Gasteiger partial charge in [0.25, 0.3) is 0 Å². The quantitative estimate of drug-likeness (QED) is 0.870. The molecule has 2 aromatic rings. The van der Waals surface area contributed by atoms with Gasteiger partial charge in [-0.3, -0.25) is 0 Å². The molecular formula is C15H14ClNO2S.